The fourth-order valence-electron chi connectivity index (χ4n) is 2.63. The maximum Gasteiger partial charge on any atom is 0.256 e. The molecular formula is C17H17FN2O. The van der Waals surface area contributed by atoms with Gasteiger partial charge in [-0.2, -0.15) is 0 Å². The Morgan fingerprint density at radius 2 is 2.14 bits per heavy atom. The summed E-state index contributed by atoms with van der Waals surface area (Å²) in [7, 11) is 0. The fourth-order valence-corrected chi connectivity index (χ4v) is 2.63. The number of carbonyl (C=O) groups excluding carboxylic acids is 1. The number of anilines is 2. The average molecular weight is 284 g/mol. The number of hydrogen-bond acceptors (Lipinski definition) is 2. The number of halogens is 1. The molecule has 4 heteroatoms. The molecule has 2 aromatic carbocycles. The van der Waals surface area contributed by atoms with Crippen molar-refractivity contribution in [1.82, 2.24) is 0 Å². The Morgan fingerprint density at radius 1 is 1.29 bits per heavy atom. The van der Waals surface area contributed by atoms with Gasteiger partial charge in [-0.05, 0) is 55.2 Å². The highest BCUT2D eigenvalue weighted by Crippen LogP contribution is 2.26. The van der Waals surface area contributed by atoms with Crippen molar-refractivity contribution in [3.63, 3.8) is 0 Å². The van der Waals surface area contributed by atoms with Crippen LogP contribution in [0.2, 0.25) is 0 Å². The average Bonchev–Trinajstić information content (AvgIpc) is 2.49. The lowest BCUT2D eigenvalue weighted by Crippen LogP contribution is -2.19. The summed E-state index contributed by atoms with van der Waals surface area (Å²) in [5.41, 5.74) is 3.66. The summed E-state index contributed by atoms with van der Waals surface area (Å²) in [4.78, 5) is 12.4. The van der Waals surface area contributed by atoms with Gasteiger partial charge in [-0.25, -0.2) is 4.39 Å². The lowest BCUT2D eigenvalue weighted by molar-refractivity contribution is 0.102. The SMILES string of the molecule is Cc1ccc(NC(=O)c2cccc3c2CCCN3)c(F)c1. The first kappa shape index (κ1) is 13.6. The third-order valence-electron chi connectivity index (χ3n) is 3.71. The molecule has 0 fully saturated rings. The molecule has 0 bridgehead atoms. The second kappa shape index (κ2) is 5.56. The third-order valence-corrected chi connectivity index (χ3v) is 3.71. The fraction of sp³-hybridized carbons (Fsp3) is 0.235. The van der Waals surface area contributed by atoms with Gasteiger partial charge in [-0.3, -0.25) is 4.79 Å². The maximum absolute atomic E-state index is 13.8. The van der Waals surface area contributed by atoms with Gasteiger partial charge >= 0.3 is 0 Å². The molecule has 0 radical (unpaired) electrons. The standard InChI is InChI=1S/C17H17FN2O/c1-11-7-8-16(14(18)10-11)20-17(21)13-4-2-6-15-12(13)5-3-9-19-15/h2,4,6-8,10,19H,3,5,9H2,1H3,(H,20,21). The predicted octanol–water partition coefficient (Wildman–Crippen LogP) is 3.74. The molecule has 1 aliphatic heterocycles. The zero-order valence-corrected chi connectivity index (χ0v) is 11.9. The number of fused-ring (bicyclic) bond motifs is 1. The molecule has 0 saturated carbocycles. The lowest BCUT2D eigenvalue weighted by Gasteiger charge is -2.20. The minimum absolute atomic E-state index is 0.215. The van der Waals surface area contributed by atoms with Crippen molar-refractivity contribution in [1.29, 1.82) is 0 Å². The smallest absolute Gasteiger partial charge is 0.256 e. The molecule has 2 aromatic rings. The van der Waals surface area contributed by atoms with Crippen LogP contribution in [0.15, 0.2) is 36.4 Å². The number of benzene rings is 2. The van der Waals surface area contributed by atoms with Crippen LogP contribution in [0.3, 0.4) is 0 Å². The van der Waals surface area contributed by atoms with E-state index >= 15 is 0 Å². The highest BCUT2D eigenvalue weighted by Gasteiger charge is 2.18. The van der Waals surface area contributed by atoms with Gasteiger partial charge in [0.05, 0.1) is 5.69 Å². The van der Waals surface area contributed by atoms with E-state index in [1.165, 1.54) is 6.07 Å². The van der Waals surface area contributed by atoms with Crippen molar-refractivity contribution in [3.05, 3.63) is 58.9 Å². The van der Waals surface area contributed by atoms with E-state index in [4.69, 9.17) is 0 Å². The van der Waals surface area contributed by atoms with Crippen LogP contribution in [0.25, 0.3) is 0 Å². The molecule has 108 valence electrons. The highest BCUT2D eigenvalue weighted by molar-refractivity contribution is 6.06. The van der Waals surface area contributed by atoms with E-state index < -0.39 is 5.82 Å². The van der Waals surface area contributed by atoms with Crippen molar-refractivity contribution in [3.8, 4) is 0 Å². The summed E-state index contributed by atoms with van der Waals surface area (Å²) in [5, 5.41) is 5.95. The summed E-state index contributed by atoms with van der Waals surface area (Å²) >= 11 is 0. The molecule has 0 unspecified atom stereocenters. The summed E-state index contributed by atoms with van der Waals surface area (Å²) in [6.07, 6.45) is 1.86. The zero-order chi connectivity index (χ0) is 14.8. The highest BCUT2D eigenvalue weighted by atomic mass is 19.1. The van der Waals surface area contributed by atoms with E-state index in [0.29, 0.717) is 5.56 Å². The summed E-state index contributed by atoms with van der Waals surface area (Å²) in [6.45, 7) is 2.73. The summed E-state index contributed by atoms with van der Waals surface area (Å²) in [6, 6.07) is 10.4. The van der Waals surface area contributed by atoms with Crippen molar-refractivity contribution >= 4 is 17.3 Å². The second-order valence-corrected chi connectivity index (χ2v) is 5.30. The topological polar surface area (TPSA) is 41.1 Å². The monoisotopic (exact) mass is 284 g/mol. The van der Waals surface area contributed by atoms with Crippen molar-refractivity contribution in [2.75, 3.05) is 17.2 Å². The Hall–Kier alpha value is -2.36. The van der Waals surface area contributed by atoms with Gasteiger partial charge in [0.25, 0.3) is 5.91 Å². The molecule has 21 heavy (non-hydrogen) atoms. The van der Waals surface area contributed by atoms with E-state index in [-0.39, 0.29) is 11.6 Å². The molecule has 0 atom stereocenters. The molecule has 0 aliphatic carbocycles. The van der Waals surface area contributed by atoms with Crippen LogP contribution in [0, 0.1) is 12.7 Å². The number of amides is 1. The summed E-state index contributed by atoms with van der Waals surface area (Å²) in [5.74, 6) is -0.676. The van der Waals surface area contributed by atoms with Gasteiger partial charge in [0.15, 0.2) is 0 Å². The minimum atomic E-state index is -0.411. The third kappa shape index (κ3) is 2.75. The molecule has 0 saturated heterocycles. The molecule has 1 aliphatic rings. The van der Waals surface area contributed by atoms with Crippen molar-refractivity contribution < 1.29 is 9.18 Å². The van der Waals surface area contributed by atoms with Crippen LogP contribution in [0.4, 0.5) is 15.8 Å². The first-order chi connectivity index (χ1) is 10.1. The number of carbonyl (C=O) groups is 1. The Balaban J connectivity index is 1.89. The van der Waals surface area contributed by atoms with Gasteiger partial charge in [-0.1, -0.05) is 12.1 Å². The number of rotatable bonds is 2. The van der Waals surface area contributed by atoms with Gasteiger partial charge in [0.2, 0.25) is 0 Å². The molecule has 0 spiro atoms. The van der Waals surface area contributed by atoms with Crippen LogP contribution in [-0.4, -0.2) is 12.5 Å². The number of hydrogen-bond donors (Lipinski definition) is 2. The zero-order valence-electron chi connectivity index (χ0n) is 11.9. The van der Waals surface area contributed by atoms with E-state index in [9.17, 15) is 9.18 Å². The first-order valence-corrected chi connectivity index (χ1v) is 7.08. The van der Waals surface area contributed by atoms with Crippen LogP contribution in [0.5, 0.6) is 0 Å². The van der Waals surface area contributed by atoms with E-state index in [0.717, 1.165) is 36.2 Å². The van der Waals surface area contributed by atoms with Crippen LogP contribution in [0.1, 0.15) is 27.9 Å². The maximum atomic E-state index is 13.8. The molecule has 3 rings (SSSR count). The molecule has 2 N–H and O–H groups in total. The van der Waals surface area contributed by atoms with Gasteiger partial charge in [0.1, 0.15) is 5.82 Å². The normalized spacial score (nSPS) is 13.2. The van der Waals surface area contributed by atoms with E-state index in [2.05, 4.69) is 10.6 Å². The van der Waals surface area contributed by atoms with Crippen molar-refractivity contribution in [2.24, 2.45) is 0 Å². The van der Waals surface area contributed by atoms with Crippen LogP contribution in [-0.2, 0) is 6.42 Å². The first-order valence-electron chi connectivity index (χ1n) is 7.08. The van der Waals surface area contributed by atoms with Crippen LogP contribution >= 0.6 is 0 Å². The molecule has 0 aromatic heterocycles. The number of aryl methyl sites for hydroxylation is 1. The molecular weight excluding hydrogens is 267 g/mol. The predicted molar refractivity (Wildman–Crippen MR) is 82.3 cm³/mol. The van der Waals surface area contributed by atoms with Crippen molar-refractivity contribution in [2.45, 2.75) is 19.8 Å². The lowest BCUT2D eigenvalue weighted by atomic mass is 9.97. The second-order valence-electron chi connectivity index (χ2n) is 5.30. The van der Waals surface area contributed by atoms with Crippen LogP contribution < -0.4 is 10.6 Å². The minimum Gasteiger partial charge on any atom is -0.385 e. The molecule has 3 nitrogen and oxygen atoms in total. The van der Waals surface area contributed by atoms with Gasteiger partial charge < -0.3 is 10.6 Å². The quantitative estimate of drug-likeness (QED) is 0.882. The van der Waals surface area contributed by atoms with Gasteiger partial charge in [-0.15, -0.1) is 0 Å². The Labute approximate surface area is 123 Å². The Kier molecular flexibility index (Phi) is 3.60. The molecule has 1 amide bonds. The Morgan fingerprint density at radius 3 is 2.95 bits per heavy atom. The number of nitrogens with one attached hydrogen (secondary N) is 2. The van der Waals surface area contributed by atoms with E-state index in [1.807, 2.05) is 19.1 Å². The summed E-state index contributed by atoms with van der Waals surface area (Å²) < 4.78 is 13.8. The molecule has 1 heterocycles. The van der Waals surface area contributed by atoms with Gasteiger partial charge in [0, 0.05) is 17.8 Å². The Bertz CT molecular complexity index is 697. The van der Waals surface area contributed by atoms with E-state index in [1.54, 1.807) is 18.2 Å². The largest absolute Gasteiger partial charge is 0.385 e.